The first kappa shape index (κ1) is 11.3. The number of fused-ring (bicyclic) bond motifs is 1. The predicted octanol–water partition coefficient (Wildman–Crippen LogP) is 1.06. The Bertz CT molecular complexity index is 812. The summed E-state index contributed by atoms with van der Waals surface area (Å²) in [5.74, 6) is -0.995. The Hall–Kier alpha value is -2.83. The number of aromatic nitrogens is 3. The molecule has 19 heavy (non-hydrogen) atoms. The summed E-state index contributed by atoms with van der Waals surface area (Å²) in [7, 11) is 0. The van der Waals surface area contributed by atoms with E-state index in [0.29, 0.717) is 11.0 Å². The van der Waals surface area contributed by atoms with Crippen LogP contribution in [0.15, 0.2) is 39.7 Å². The van der Waals surface area contributed by atoms with Crippen LogP contribution in [0.1, 0.15) is 16.4 Å². The fraction of sp³-hybridized carbons (Fsp3) is 0.0833. The number of H-pyrrole nitrogens is 1. The van der Waals surface area contributed by atoms with Crippen molar-refractivity contribution in [3.63, 3.8) is 0 Å². The molecule has 7 nitrogen and oxygen atoms in total. The van der Waals surface area contributed by atoms with Crippen molar-refractivity contribution in [1.82, 2.24) is 14.5 Å². The zero-order chi connectivity index (χ0) is 13.4. The first-order valence-corrected chi connectivity index (χ1v) is 5.50. The number of aromatic amines is 1. The number of aromatic carboxylic acids is 1. The molecule has 3 rings (SSSR count). The molecule has 3 aromatic rings. The second-order valence-corrected chi connectivity index (χ2v) is 3.97. The van der Waals surface area contributed by atoms with Crippen molar-refractivity contribution in [3.05, 3.63) is 52.6 Å². The maximum absolute atomic E-state index is 11.8. The molecule has 0 saturated carbocycles. The zero-order valence-electron chi connectivity index (χ0n) is 9.66. The van der Waals surface area contributed by atoms with Crippen molar-refractivity contribution >= 4 is 17.0 Å². The largest absolute Gasteiger partial charge is 0.476 e. The van der Waals surface area contributed by atoms with Gasteiger partial charge in [0.05, 0.1) is 11.0 Å². The molecule has 1 aromatic carbocycles. The van der Waals surface area contributed by atoms with Crippen molar-refractivity contribution in [2.45, 2.75) is 6.54 Å². The summed E-state index contributed by atoms with van der Waals surface area (Å²) < 4.78 is 6.47. The van der Waals surface area contributed by atoms with Gasteiger partial charge in [-0.15, -0.1) is 0 Å². The van der Waals surface area contributed by atoms with Gasteiger partial charge in [0, 0.05) is 0 Å². The fourth-order valence-electron chi connectivity index (χ4n) is 1.88. The van der Waals surface area contributed by atoms with Gasteiger partial charge in [-0.2, -0.15) is 0 Å². The topological polar surface area (TPSA) is 101 Å². The van der Waals surface area contributed by atoms with Gasteiger partial charge < -0.3 is 14.5 Å². The van der Waals surface area contributed by atoms with Gasteiger partial charge >= 0.3 is 11.7 Å². The van der Waals surface area contributed by atoms with Crippen LogP contribution in [0.4, 0.5) is 0 Å². The number of benzene rings is 1. The van der Waals surface area contributed by atoms with Gasteiger partial charge in [-0.1, -0.05) is 12.1 Å². The average molecular weight is 259 g/mol. The van der Waals surface area contributed by atoms with Crippen molar-refractivity contribution < 1.29 is 14.3 Å². The molecule has 0 amide bonds. The van der Waals surface area contributed by atoms with Crippen LogP contribution in [0, 0.1) is 0 Å². The second kappa shape index (κ2) is 4.13. The fourth-order valence-corrected chi connectivity index (χ4v) is 1.88. The first-order chi connectivity index (χ1) is 9.15. The number of imidazole rings is 1. The molecule has 0 aliphatic carbocycles. The van der Waals surface area contributed by atoms with Gasteiger partial charge in [0.1, 0.15) is 12.8 Å². The molecule has 2 heterocycles. The minimum Gasteiger partial charge on any atom is -0.476 e. The number of hydrogen-bond acceptors (Lipinski definition) is 4. The van der Waals surface area contributed by atoms with E-state index in [0.717, 1.165) is 6.26 Å². The first-order valence-electron chi connectivity index (χ1n) is 5.50. The van der Waals surface area contributed by atoms with Crippen LogP contribution in [0.5, 0.6) is 0 Å². The average Bonchev–Trinajstić information content (AvgIpc) is 2.96. The summed E-state index contributed by atoms with van der Waals surface area (Å²) in [5.41, 5.74) is 0.944. The molecular formula is C12H9N3O4. The Morgan fingerprint density at radius 3 is 2.95 bits per heavy atom. The van der Waals surface area contributed by atoms with E-state index in [4.69, 9.17) is 9.52 Å². The number of carbonyl (C=O) groups is 1. The molecule has 0 spiro atoms. The molecule has 0 unspecified atom stereocenters. The lowest BCUT2D eigenvalue weighted by Gasteiger charge is -1.98. The van der Waals surface area contributed by atoms with Crippen LogP contribution in [-0.4, -0.2) is 25.6 Å². The molecule has 2 N–H and O–H groups in total. The predicted molar refractivity (Wildman–Crippen MR) is 65.1 cm³/mol. The summed E-state index contributed by atoms with van der Waals surface area (Å²) in [4.78, 5) is 29.0. The summed E-state index contributed by atoms with van der Waals surface area (Å²) >= 11 is 0. The monoisotopic (exact) mass is 259 g/mol. The van der Waals surface area contributed by atoms with E-state index in [1.165, 1.54) is 4.57 Å². The van der Waals surface area contributed by atoms with Crippen molar-refractivity contribution in [1.29, 1.82) is 0 Å². The number of hydrogen-bond donors (Lipinski definition) is 2. The highest BCUT2D eigenvalue weighted by Gasteiger charge is 2.13. The number of carboxylic acid groups (broad SMARTS) is 1. The van der Waals surface area contributed by atoms with Gasteiger partial charge in [-0.25, -0.2) is 14.6 Å². The molecule has 7 heteroatoms. The maximum atomic E-state index is 11.8. The number of rotatable bonds is 3. The van der Waals surface area contributed by atoms with Crippen molar-refractivity contribution in [2.24, 2.45) is 0 Å². The summed E-state index contributed by atoms with van der Waals surface area (Å²) in [6.45, 7) is 0.0795. The number of oxazole rings is 1. The lowest BCUT2D eigenvalue weighted by atomic mass is 10.3. The smallest absolute Gasteiger partial charge is 0.357 e. The van der Waals surface area contributed by atoms with E-state index >= 15 is 0 Å². The van der Waals surface area contributed by atoms with E-state index < -0.39 is 5.97 Å². The molecule has 0 fully saturated rings. The van der Waals surface area contributed by atoms with Crippen molar-refractivity contribution in [2.75, 3.05) is 0 Å². The normalized spacial score (nSPS) is 10.9. The Balaban J connectivity index is 2.03. The molecule has 0 aliphatic rings. The number of carboxylic acids is 1. The Labute approximate surface area is 106 Å². The molecule has 0 saturated heterocycles. The second-order valence-electron chi connectivity index (χ2n) is 3.97. The van der Waals surface area contributed by atoms with Gasteiger partial charge in [-0.05, 0) is 12.1 Å². The van der Waals surface area contributed by atoms with Crippen LogP contribution in [0.3, 0.4) is 0 Å². The Kier molecular flexibility index (Phi) is 2.45. The number of nitrogens with one attached hydrogen (secondary N) is 1. The molecular weight excluding hydrogens is 250 g/mol. The third kappa shape index (κ3) is 1.90. The van der Waals surface area contributed by atoms with Gasteiger partial charge in [0.2, 0.25) is 5.89 Å². The van der Waals surface area contributed by atoms with Crippen LogP contribution < -0.4 is 5.69 Å². The quantitative estimate of drug-likeness (QED) is 0.732. The molecule has 0 radical (unpaired) electrons. The van der Waals surface area contributed by atoms with Gasteiger partial charge in [-0.3, -0.25) is 4.57 Å². The maximum Gasteiger partial charge on any atom is 0.357 e. The SMILES string of the molecule is O=C(O)c1coc(Cn2c(=O)[nH]c3ccccc32)n1. The third-order valence-corrected chi connectivity index (χ3v) is 2.75. The van der Waals surface area contributed by atoms with E-state index in [2.05, 4.69) is 9.97 Å². The molecule has 2 aromatic heterocycles. The van der Waals surface area contributed by atoms with Crippen LogP contribution in [0.25, 0.3) is 11.0 Å². The third-order valence-electron chi connectivity index (χ3n) is 2.75. The minimum absolute atomic E-state index is 0.0795. The molecule has 0 bridgehead atoms. The summed E-state index contributed by atoms with van der Waals surface area (Å²) in [6, 6.07) is 7.19. The molecule has 0 aliphatic heterocycles. The van der Waals surface area contributed by atoms with E-state index in [-0.39, 0.29) is 23.8 Å². The van der Waals surface area contributed by atoms with Gasteiger partial charge in [0.25, 0.3) is 0 Å². The Morgan fingerprint density at radius 1 is 1.42 bits per heavy atom. The number of nitrogens with zero attached hydrogens (tertiary/aromatic N) is 2. The zero-order valence-corrected chi connectivity index (χ0v) is 9.66. The lowest BCUT2D eigenvalue weighted by Crippen LogP contribution is -2.17. The molecule has 96 valence electrons. The summed E-state index contributed by atoms with van der Waals surface area (Å²) in [6.07, 6.45) is 1.05. The number of para-hydroxylation sites is 2. The summed E-state index contributed by atoms with van der Waals surface area (Å²) in [5, 5.41) is 8.75. The highest BCUT2D eigenvalue weighted by molar-refractivity contribution is 5.84. The van der Waals surface area contributed by atoms with Crippen LogP contribution in [0.2, 0.25) is 0 Å². The highest BCUT2D eigenvalue weighted by atomic mass is 16.4. The highest BCUT2D eigenvalue weighted by Crippen LogP contribution is 2.11. The van der Waals surface area contributed by atoms with Gasteiger partial charge in [0.15, 0.2) is 5.69 Å². The van der Waals surface area contributed by atoms with Crippen molar-refractivity contribution in [3.8, 4) is 0 Å². The lowest BCUT2D eigenvalue weighted by molar-refractivity contribution is 0.0690. The van der Waals surface area contributed by atoms with E-state index in [9.17, 15) is 9.59 Å². The van der Waals surface area contributed by atoms with Crippen LogP contribution in [-0.2, 0) is 6.54 Å². The standard InChI is InChI=1S/C12H9N3O4/c16-11(17)8-6-19-10(13-8)5-15-9-4-2-1-3-7(9)14-12(15)18/h1-4,6H,5H2,(H,14,18)(H,16,17). The Morgan fingerprint density at radius 2 is 2.21 bits per heavy atom. The molecule has 0 atom stereocenters. The van der Waals surface area contributed by atoms with E-state index in [1.807, 2.05) is 12.1 Å². The van der Waals surface area contributed by atoms with Crippen LogP contribution >= 0.6 is 0 Å². The minimum atomic E-state index is -1.17. The van der Waals surface area contributed by atoms with E-state index in [1.54, 1.807) is 12.1 Å².